The highest BCUT2D eigenvalue weighted by molar-refractivity contribution is 6.32. The van der Waals surface area contributed by atoms with Gasteiger partial charge in [-0.3, -0.25) is 4.90 Å². The number of hydrogen-bond acceptors (Lipinski definition) is 5. The van der Waals surface area contributed by atoms with Gasteiger partial charge in [-0.1, -0.05) is 23.7 Å². The van der Waals surface area contributed by atoms with Crippen molar-refractivity contribution < 1.29 is 14.9 Å². The molecule has 1 aromatic carbocycles. The molecule has 26 heavy (non-hydrogen) atoms. The van der Waals surface area contributed by atoms with Crippen LogP contribution in [0.4, 0.5) is 0 Å². The summed E-state index contributed by atoms with van der Waals surface area (Å²) >= 11 is 6.24. The van der Waals surface area contributed by atoms with Crippen LogP contribution in [-0.2, 0) is 11.3 Å². The fourth-order valence-electron chi connectivity index (χ4n) is 3.98. The van der Waals surface area contributed by atoms with E-state index in [0.29, 0.717) is 18.1 Å². The second-order valence-electron chi connectivity index (χ2n) is 7.23. The third-order valence-corrected chi connectivity index (χ3v) is 5.87. The van der Waals surface area contributed by atoms with Gasteiger partial charge in [-0.2, -0.15) is 5.10 Å². The van der Waals surface area contributed by atoms with Crippen LogP contribution in [0.3, 0.4) is 0 Å². The summed E-state index contributed by atoms with van der Waals surface area (Å²) in [5.41, 5.74) is 1.40. The second kappa shape index (κ2) is 7.29. The van der Waals surface area contributed by atoms with Gasteiger partial charge in [0.05, 0.1) is 35.2 Å². The average molecular weight is 378 g/mol. The van der Waals surface area contributed by atoms with E-state index in [-0.39, 0.29) is 0 Å². The molecule has 2 N–H and O–H groups in total. The molecule has 2 atom stereocenters. The molecule has 140 valence electrons. The second-order valence-corrected chi connectivity index (χ2v) is 7.64. The fourth-order valence-corrected chi connectivity index (χ4v) is 4.20. The van der Waals surface area contributed by atoms with Crippen molar-refractivity contribution in [3.8, 4) is 5.69 Å². The number of aliphatic hydroxyl groups excluding tert-OH is 2. The molecule has 7 heteroatoms. The summed E-state index contributed by atoms with van der Waals surface area (Å²) in [4.78, 5) is 2.33. The minimum atomic E-state index is -0.790. The summed E-state index contributed by atoms with van der Waals surface area (Å²) in [6, 6.07) is 7.64. The normalized spacial score (nSPS) is 26.3. The molecule has 0 unspecified atom stereocenters. The first kappa shape index (κ1) is 17.9. The zero-order valence-electron chi connectivity index (χ0n) is 14.6. The van der Waals surface area contributed by atoms with Crippen LogP contribution in [0.5, 0.6) is 0 Å². The van der Waals surface area contributed by atoms with Gasteiger partial charge in [0.25, 0.3) is 0 Å². The van der Waals surface area contributed by atoms with Crippen molar-refractivity contribution in [3.63, 3.8) is 0 Å². The zero-order chi connectivity index (χ0) is 18.1. The van der Waals surface area contributed by atoms with Gasteiger partial charge in [0, 0.05) is 31.4 Å². The highest BCUT2D eigenvalue weighted by Crippen LogP contribution is 2.35. The van der Waals surface area contributed by atoms with Gasteiger partial charge in [-0.15, -0.1) is 0 Å². The predicted molar refractivity (Wildman–Crippen MR) is 98.4 cm³/mol. The van der Waals surface area contributed by atoms with Crippen molar-refractivity contribution in [2.45, 2.75) is 43.6 Å². The largest absolute Gasteiger partial charge is 0.390 e. The van der Waals surface area contributed by atoms with E-state index in [1.807, 2.05) is 36.7 Å². The number of nitrogens with zero attached hydrogens (tertiary/aromatic N) is 3. The summed E-state index contributed by atoms with van der Waals surface area (Å²) < 4.78 is 7.69. The lowest BCUT2D eigenvalue weighted by Gasteiger charge is -2.48. The van der Waals surface area contributed by atoms with E-state index in [0.717, 1.165) is 43.7 Å². The van der Waals surface area contributed by atoms with Gasteiger partial charge in [0.1, 0.15) is 6.10 Å². The Balaban J connectivity index is 1.39. The molecule has 1 aromatic heterocycles. The molecule has 4 rings (SSSR count). The van der Waals surface area contributed by atoms with Gasteiger partial charge in [0.2, 0.25) is 0 Å². The lowest BCUT2D eigenvalue weighted by atomic mass is 9.80. The maximum atomic E-state index is 10.4. The van der Waals surface area contributed by atoms with Crippen LogP contribution in [0.25, 0.3) is 5.69 Å². The van der Waals surface area contributed by atoms with Crippen molar-refractivity contribution in [1.29, 1.82) is 0 Å². The van der Waals surface area contributed by atoms with E-state index in [1.54, 1.807) is 4.68 Å². The van der Waals surface area contributed by atoms with Crippen molar-refractivity contribution in [1.82, 2.24) is 14.7 Å². The van der Waals surface area contributed by atoms with Gasteiger partial charge >= 0.3 is 0 Å². The van der Waals surface area contributed by atoms with Gasteiger partial charge in [-0.25, -0.2) is 4.68 Å². The van der Waals surface area contributed by atoms with Crippen molar-refractivity contribution in [2.24, 2.45) is 0 Å². The van der Waals surface area contributed by atoms with E-state index >= 15 is 0 Å². The fraction of sp³-hybridized carbons (Fsp3) is 0.526. The third kappa shape index (κ3) is 3.40. The summed E-state index contributed by atoms with van der Waals surface area (Å²) in [7, 11) is 0. The quantitative estimate of drug-likeness (QED) is 0.856. The van der Waals surface area contributed by atoms with Gasteiger partial charge in [0.15, 0.2) is 0 Å². The molecule has 0 amide bonds. The molecule has 1 spiro atoms. The Morgan fingerprint density at radius 1 is 1.23 bits per heavy atom. The van der Waals surface area contributed by atoms with Gasteiger partial charge in [-0.05, 0) is 31.4 Å². The third-order valence-electron chi connectivity index (χ3n) is 5.55. The molecular formula is C19H24ClN3O3. The van der Waals surface area contributed by atoms with E-state index in [4.69, 9.17) is 16.3 Å². The Labute approximate surface area is 157 Å². The molecular weight excluding hydrogens is 354 g/mol. The monoisotopic (exact) mass is 377 g/mol. The van der Waals surface area contributed by atoms with Crippen LogP contribution < -0.4 is 0 Å². The molecule has 6 nitrogen and oxygen atoms in total. The highest BCUT2D eigenvalue weighted by Gasteiger charge is 2.47. The number of hydrogen-bond donors (Lipinski definition) is 2. The molecule has 0 bridgehead atoms. The molecule has 2 aliphatic heterocycles. The van der Waals surface area contributed by atoms with E-state index in [1.165, 1.54) is 0 Å². The highest BCUT2D eigenvalue weighted by atomic mass is 35.5. The topological polar surface area (TPSA) is 70.8 Å². The lowest BCUT2D eigenvalue weighted by Crippen LogP contribution is -2.59. The standard InChI is InChI=1S/C19H24ClN3O3/c20-15-3-1-2-4-16(15)23-13-14(11-21-23)12-22-8-6-19(7-9-22)18(25)17(24)5-10-26-19/h1-4,11,13,17-18,24-25H,5-10,12H2/t17-,18-/m0/s1. The SMILES string of the molecule is O[C@H]1CCOC2(CCN(Cc3cnn(-c4ccccc4Cl)c3)CC2)[C@H]1O. The summed E-state index contributed by atoms with van der Waals surface area (Å²) in [5, 5.41) is 25.4. The Morgan fingerprint density at radius 3 is 2.77 bits per heavy atom. The Bertz CT molecular complexity index is 758. The number of aromatic nitrogens is 2. The summed E-state index contributed by atoms with van der Waals surface area (Å²) in [6.07, 6.45) is 4.36. The van der Waals surface area contributed by atoms with E-state index < -0.39 is 17.8 Å². The maximum absolute atomic E-state index is 10.4. The Morgan fingerprint density at radius 2 is 2.00 bits per heavy atom. The first-order chi connectivity index (χ1) is 12.6. The van der Waals surface area contributed by atoms with E-state index in [9.17, 15) is 10.2 Å². The minimum Gasteiger partial charge on any atom is -0.390 e. The van der Waals surface area contributed by atoms with Gasteiger partial charge < -0.3 is 14.9 Å². The van der Waals surface area contributed by atoms with Crippen molar-refractivity contribution in [2.75, 3.05) is 19.7 Å². The number of piperidine rings is 1. The first-order valence-electron chi connectivity index (χ1n) is 9.08. The molecule has 3 heterocycles. The number of para-hydroxylation sites is 1. The van der Waals surface area contributed by atoms with Crippen LogP contribution in [0.1, 0.15) is 24.8 Å². The minimum absolute atomic E-state index is 0.508. The Hall–Kier alpha value is -1.44. The molecule has 0 saturated carbocycles. The molecule has 2 aromatic rings. The number of benzene rings is 1. The smallest absolute Gasteiger partial charge is 0.109 e. The zero-order valence-corrected chi connectivity index (χ0v) is 15.3. The molecule has 2 saturated heterocycles. The first-order valence-corrected chi connectivity index (χ1v) is 9.46. The summed E-state index contributed by atoms with van der Waals surface area (Å²) in [6.45, 7) is 2.95. The van der Waals surface area contributed by atoms with Crippen molar-refractivity contribution in [3.05, 3.63) is 47.2 Å². The van der Waals surface area contributed by atoms with Crippen LogP contribution in [0.2, 0.25) is 5.02 Å². The molecule has 2 fully saturated rings. The lowest BCUT2D eigenvalue weighted by molar-refractivity contribution is -0.214. The van der Waals surface area contributed by atoms with Crippen LogP contribution in [-0.4, -0.2) is 62.4 Å². The molecule has 0 aliphatic carbocycles. The molecule has 0 radical (unpaired) electrons. The maximum Gasteiger partial charge on any atom is 0.109 e. The number of ether oxygens (including phenoxy) is 1. The summed E-state index contributed by atoms with van der Waals surface area (Å²) in [5.74, 6) is 0. The van der Waals surface area contributed by atoms with Crippen LogP contribution >= 0.6 is 11.6 Å². The predicted octanol–water partition coefficient (Wildman–Crippen LogP) is 2.00. The number of aliphatic hydroxyl groups is 2. The molecule has 2 aliphatic rings. The van der Waals surface area contributed by atoms with Crippen LogP contribution in [0.15, 0.2) is 36.7 Å². The van der Waals surface area contributed by atoms with Crippen molar-refractivity contribution >= 4 is 11.6 Å². The Kier molecular flexibility index (Phi) is 5.03. The number of rotatable bonds is 3. The number of likely N-dealkylation sites (tertiary alicyclic amines) is 1. The van der Waals surface area contributed by atoms with Crippen LogP contribution in [0, 0.1) is 0 Å². The number of halogens is 1. The average Bonchev–Trinajstić information content (AvgIpc) is 3.10. The van der Waals surface area contributed by atoms with E-state index in [2.05, 4.69) is 10.00 Å².